The third-order valence-electron chi connectivity index (χ3n) is 10.6. The molecule has 0 saturated carbocycles. The number of hydrogen-bond acceptors (Lipinski definition) is 7. The zero-order chi connectivity index (χ0) is 38.4. The van der Waals surface area contributed by atoms with Crippen molar-refractivity contribution in [3.05, 3.63) is 188 Å². The van der Waals surface area contributed by atoms with Crippen molar-refractivity contribution in [2.75, 3.05) is 0 Å². The van der Waals surface area contributed by atoms with Crippen molar-refractivity contribution in [3.8, 4) is 67.8 Å². The smallest absolute Gasteiger partial charge is 0.164 e. The number of fused-ring (bicyclic) bond motifs is 5. The highest BCUT2D eigenvalue weighted by Crippen LogP contribution is 2.35. The van der Waals surface area contributed by atoms with Crippen molar-refractivity contribution in [1.82, 2.24) is 34.9 Å². The molecule has 0 spiro atoms. The molecular weight excluding hydrogens is 711 g/mol. The Labute approximate surface area is 333 Å². The van der Waals surface area contributed by atoms with Crippen LogP contribution in [0, 0.1) is 0 Å². The Morgan fingerprint density at radius 2 is 0.845 bits per heavy atom. The molecule has 0 aliphatic rings. The molecule has 0 amide bonds. The summed E-state index contributed by atoms with van der Waals surface area (Å²) in [5.41, 5.74) is 12.5. The topological polar surface area (TPSA) is 90.2 Å². The van der Waals surface area contributed by atoms with Crippen LogP contribution in [0.4, 0.5) is 0 Å². The first-order valence-electron chi connectivity index (χ1n) is 19.1. The van der Waals surface area contributed by atoms with Crippen LogP contribution < -0.4 is 0 Å². The first-order chi connectivity index (χ1) is 28.7. The fraction of sp³-hybridized carbons (Fsp3) is 0. The molecule has 11 rings (SSSR count). The number of rotatable bonds is 6. The van der Waals surface area contributed by atoms with Crippen LogP contribution in [0.5, 0.6) is 0 Å². The summed E-state index contributed by atoms with van der Waals surface area (Å²) in [6.45, 7) is 0. The van der Waals surface area contributed by atoms with Gasteiger partial charge in [-0.05, 0) is 59.7 Å². The second kappa shape index (κ2) is 13.9. The van der Waals surface area contributed by atoms with E-state index in [4.69, 9.17) is 29.9 Å². The molecule has 0 radical (unpaired) electrons. The minimum Gasteiger partial charge on any atom is -0.254 e. The molecule has 11 aromatic rings. The van der Waals surface area contributed by atoms with Gasteiger partial charge in [-0.3, -0.25) is 9.97 Å². The van der Waals surface area contributed by atoms with Crippen LogP contribution in [-0.4, -0.2) is 34.9 Å². The fourth-order valence-electron chi connectivity index (χ4n) is 7.63. The SMILES string of the molecule is c1ccc(-c2nc(-c3ccccc3)nc(-c3ccc(-c4ccc5cc(-c6ccc7ccc(-c8cc9cccnc9c9ncccc89)nc7c6)ccc5n4)cc3)n2)cc1. The normalized spacial score (nSPS) is 11.4. The predicted molar refractivity (Wildman–Crippen MR) is 234 cm³/mol. The third-order valence-corrected chi connectivity index (χ3v) is 10.6. The summed E-state index contributed by atoms with van der Waals surface area (Å²) >= 11 is 0. The largest absolute Gasteiger partial charge is 0.254 e. The Morgan fingerprint density at radius 1 is 0.293 bits per heavy atom. The van der Waals surface area contributed by atoms with E-state index >= 15 is 0 Å². The lowest BCUT2D eigenvalue weighted by atomic mass is 9.99. The van der Waals surface area contributed by atoms with Gasteiger partial charge < -0.3 is 0 Å². The van der Waals surface area contributed by atoms with Crippen LogP contribution in [0.15, 0.2) is 188 Å². The Kier molecular flexibility index (Phi) is 8.00. The van der Waals surface area contributed by atoms with Crippen molar-refractivity contribution < 1.29 is 0 Å². The van der Waals surface area contributed by atoms with Crippen LogP contribution in [0.3, 0.4) is 0 Å². The Morgan fingerprint density at radius 3 is 1.59 bits per heavy atom. The van der Waals surface area contributed by atoms with E-state index < -0.39 is 0 Å². The molecule has 7 nitrogen and oxygen atoms in total. The summed E-state index contributed by atoms with van der Waals surface area (Å²) in [4.78, 5) is 34.2. The number of benzene rings is 6. The standard InChI is InChI=1S/C51H31N7/c1-3-9-34(10-4-1)49-56-50(35-11-5-2-6-12-35)58-51(57-49)36-18-15-32(16-19-36)43-25-23-39-29-37(22-24-44(39)54-43)38-20-17-33-21-26-45(55-46(33)31-38)42-30-40-13-7-27-52-47(40)48-41(42)14-8-28-53-48/h1-31H. The van der Waals surface area contributed by atoms with Gasteiger partial charge in [-0.1, -0.05) is 127 Å². The Hall–Kier alpha value is -8.03. The summed E-state index contributed by atoms with van der Waals surface area (Å²) in [5.74, 6) is 1.90. The molecule has 7 heteroatoms. The van der Waals surface area contributed by atoms with E-state index in [0.717, 1.165) is 93.9 Å². The van der Waals surface area contributed by atoms with Crippen LogP contribution in [0.1, 0.15) is 0 Å². The minimum atomic E-state index is 0.621. The molecule has 6 aromatic carbocycles. The lowest BCUT2D eigenvalue weighted by molar-refractivity contribution is 1.07. The first kappa shape index (κ1) is 33.3. The molecule has 0 aliphatic heterocycles. The van der Waals surface area contributed by atoms with Crippen molar-refractivity contribution in [2.24, 2.45) is 0 Å². The summed E-state index contributed by atoms with van der Waals surface area (Å²) in [5, 5.41) is 4.22. The zero-order valence-electron chi connectivity index (χ0n) is 31.0. The number of aromatic nitrogens is 7. The van der Waals surface area contributed by atoms with E-state index in [2.05, 4.69) is 108 Å². The average molecular weight is 742 g/mol. The van der Waals surface area contributed by atoms with Gasteiger partial charge in [0.2, 0.25) is 0 Å². The van der Waals surface area contributed by atoms with Gasteiger partial charge in [0.05, 0.1) is 33.5 Å². The summed E-state index contributed by atoms with van der Waals surface area (Å²) in [7, 11) is 0. The van der Waals surface area contributed by atoms with E-state index in [9.17, 15) is 0 Å². The van der Waals surface area contributed by atoms with E-state index in [0.29, 0.717) is 17.5 Å². The number of nitrogens with zero attached hydrogens (tertiary/aromatic N) is 7. The monoisotopic (exact) mass is 741 g/mol. The summed E-state index contributed by atoms with van der Waals surface area (Å²) in [6, 6.07) is 59.9. The highest BCUT2D eigenvalue weighted by Gasteiger charge is 2.15. The van der Waals surface area contributed by atoms with Gasteiger partial charge >= 0.3 is 0 Å². The Balaban J connectivity index is 0.897. The minimum absolute atomic E-state index is 0.621. The van der Waals surface area contributed by atoms with Crippen molar-refractivity contribution in [2.45, 2.75) is 0 Å². The lowest BCUT2D eigenvalue weighted by Crippen LogP contribution is -2.00. The lowest BCUT2D eigenvalue weighted by Gasteiger charge is -2.11. The number of pyridine rings is 4. The van der Waals surface area contributed by atoms with Gasteiger partial charge in [0.15, 0.2) is 17.5 Å². The molecule has 58 heavy (non-hydrogen) atoms. The van der Waals surface area contributed by atoms with Gasteiger partial charge in [0, 0.05) is 61.8 Å². The van der Waals surface area contributed by atoms with Gasteiger partial charge in [0.1, 0.15) is 0 Å². The maximum absolute atomic E-state index is 5.19. The van der Waals surface area contributed by atoms with Crippen molar-refractivity contribution in [1.29, 1.82) is 0 Å². The second-order valence-corrected chi connectivity index (χ2v) is 14.2. The van der Waals surface area contributed by atoms with Gasteiger partial charge in [0.25, 0.3) is 0 Å². The summed E-state index contributed by atoms with van der Waals surface area (Å²) in [6.07, 6.45) is 3.63. The van der Waals surface area contributed by atoms with E-state index in [1.807, 2.05) is 85.2 Å². The highest BCUT2D eigenvalue weighted by atomic mass is 15.0. The molecule has 0 unspecified atom stereocenters. The van der Waals surface area contributed by atoms with Crippen molar-refractivity contribution >= 4 is 43.6 Å². The Bertz CT molecular complexity index is 3270. The predicted octanol–water partition coefficient (Wildman–Crippen LogP) is 12.1. The molecule has 0 saturated heterocycles. The van der Waals surface area contributed by atoms with Crippen LogP contribution in [0.25, 0.3) is 111 Å². The van der Waals surface area contributed by atoms with Crippen LogP contribution in [-0.2, 0) is 0 Å². The van der Waals surface area contributed by atoms with Crippen LogP contribution >= 0.6 is 0 Å². The maximum Gasteiger partial charge on any atom is 0.164 e. The highest BCUT2D eigenvalue weighted by molar-refractivity contribution is 6.10. The van der Waals surface area contributed by atoms with Gasteiger partial charge in [-0.15, -0.1) is 0 Å². The third kappa shape index (κ3) is 6.08. The molecule has 0 fully saturated rings. The zero-order valence-corrected chi connectivity index (χ0v) is 31.0. The summed E-state index contributed by atoms with van der Waals surface area (Å²) < 4.78 is 0. The fourth-order valence-corrected chi connectivity index (χ4v) is 7.63. The molecule has 5 aromatic heterocycles. The van der Waals surface area contributed by atoms with E-state index in [1.165, 1.54) is 0 Å². The second-order valence-electron chi connectivity index (χ2n) is 14.2. The number of hydrogen-bond donors (Lipinski definition) is 0. The first-order valence-corrected chi connectivity index (χ1v) is 19.1. The van der Waals surface area contributed by atoms with E-state index in [1.54, 1.807) is 0 Å². The van der Waals surface area contributed by atoms with E-state index in [-0.39, 0.29) is 0 Å². The quantitative estimate of drug-likeness (QED) is 0.157. The molecule has 5 heterocycles. The van der Waals surface area contributed by atoms with Gasteiger partial charge in [-0.25, -0.2) is 24.9 Å². The van der Waals surface area contributed by atoms with Crippen molar-refractivity contribution in [3.63, 3.8) is 0 Å². The van der Waals surface area contributed by atoms with Crippen LogP contribution in [0.2, 0.25) is 0 Å². The molecule has 270 valence electrons. The van der Waals surface area contributed by atoms with Gasteiger partial charge in [-0.2, -0.15) is 0 Å². The molecule has 0 atom stereocenters. The molecule has 0 N–H and O–H groups in total. The maximum atomic E-state index is 5.19. The molecule has 0 aliphatic carbocycles. The molecular formula is C51H31N7. The molecule has 0 bridgehead atoms. The average Bonchev–Trinajstić information content (AvgIpc) is 3.31.